The Hall–Kier alpha value is -0.160. The minimum absolute atomic E-state index is 0.515. The largest absolute Gasteiger partial charge is 0.379 e. The molecule has 0 aliphatic carbocycles. The molecule has 0 heterocycles. The minimum Gasteiger partial charge on any atom is -0.379 e. The van der Waals surface area contributed by atoms with Gasteiger partial charge in [0.15, 0.2) is 0 Å². The normalized spacial score (nSPS) is 10.4. The fourth-order valence-electron chi connectivity index (χ4n) is 0.550. The Kier molecular flexibility index (Phi) is 9.70. The molecule has 0 unspecified atom stereocenters. The van der Waals surface area contributed by atoms with E-state index in [0.29, 0.717) is 26.7 Å². The van der Waals surface area contributed by atoms with E-state index in [9.17, 15) is 0 Å². The molecule has 4 heteroatoms. The first kappa shape index (κ1) is 10.8. The quantitative estimate of drug-likeness (QED) is 0.409. The molecule has 1 N–H and O–H groups in total. The van der Waals surface area contributed by atoms with Gasteiger partial charge in [0.05, 0.1) is 26.7 Å². The third-order valence-electron chi connectivity index (χ3n) is 1.03. The predicted octanol–water partition coefficient (Wildman–Crippen LogP) is 0.190. The summed E-state index contributed by atoms with van der Waals surface area (Å²) in [7, 11) is 1.63. The van der Waals surface area contributed by atoms with Crippen molar-refractivity contribution in [1.29, 1.82) is 0 Å². The Morgan fingerprint density at radius 1 is 1.09 bits per heavy atom. The van der Waals surface area contributed by atoms with Crippen LogP contribution in [-0.2, 0) is 14.2 Å². The van der Waals surface area contributed by atoms with Gasteiger partial charge in [0.1, 0.15) is 0 Å². The lowest BCUT2D eigenvalue weighted by Crippen LogP contribution is -2.21. The second-order valence-electron chi connectivity index (χ2n) is 1.93. The van der Waals surface area contributed by atoms with Crippen molar-refractivity contribution >= 4 is 0 Å². The smallest absolute Gasteiger partial charge is 0.0983 e. The fraction of sp³-hybridized carbons (Fsp3) is 1.00. The molecule has 0 fully saturated rings. The van der Waals surface area contributed by atoms with E-state index < -0.39 is 0 Å². The van der Waals surface area contributed by atoms with Gasteiger partial charge >= 0.3 is 0 Å². The van der Waals surface area contributed by atoms with E-state index in [-0.39, 0.29) is 0 Å². The summed E-state index contributed by atoms with van der Waals surface area (Å²) in [6.07, 6.45) is 0. The van der Waals surface area contributed by atoms with Crippen LogP contribution in [0.2, 0.25) is 0 Å². The van der Waals surface area contributed by atoms with Crippen LogP contribution in [0, 0.1) is 0 Å². The Morgan fingerprint density at radius 3 is 2.45 bits per heavy atom. The molecular weight excluding hydrogens is 146 g/mol. The summed E-state index contributed by atoms with van der Waals surface area (Å²) in [4.78, 5) is 0. The van der Waals surface area contributed by atoms with Crippen LogP contribution in [0.25, 0.3) is 0 Å². The maximum Gasteiger partial charge on any atom is 0.0983 e. The van der Waals surface area contributed by atoms with E-state index in [1.165, 1.54) is 0 Å². The third-order valence-corrected chi connectivity index (χ3v) is 1.03. The highest BCUT2D eigenvalue weighted by molar-refractivity contribution is 4.28. The molecule has 0 radical (unpaired) electrons. The van der Waals surface area contributed by atoms with Gasteiger partial charge in [-0.15, -0.1) is 0 Å². The summed E-state index contributed by atoms with van der Waals surface area (Å²) in [5.41, 5.74) is 0. The van der Waals surface area contributed by atoms with Crippen LogP contribution in [0.4, 0.5) is 0 Å². The highest BCUT2D eigenvalue weighted by Gasteiger charge is 1.86. The molecule has 0 aliphatic rings. The average molecular weight is 163 g/mol. The highest BCUT2D eigenvalue weighted by atomic mass is 16.5. The minimum atomic E-state index is 0.515. The van der Waals surface area contributed by atoms with Crippen LogP contribution in [0.15, 0.2) is 0 Å². The van der Waals surface area contributed by atoms with Crippen molar-refractivity contribution in [3.05, 3.63) is 0 Å². The predicted molar refractivity (Wildman–Crippen MR) is 42.3 cm³/mol. The summed E-state index contributed by atoms with van der Waals surface area (Å²) in [5, 5.41) is 2.91. The summed E-state index contributed by atoms with van der Waals surface area (Å²) in [6.45, 7) is 5.03. The highest BCUT2D eigenvalue weighted by Crippen LogP contribution is 1.75. The molecule has 68 valence electrons. The van der Waals surface area contributed by atoms with E-state index >= 15 is 0 Å². The van der Waals surface area contributed by atoms with Gasteiger partial charge in [0.25, 0.3) is 0 Å². The monoisotopic (exact) mass is 163 g/mol. The maximum atomic E-state index is 5.12. The van der Waals surface area contributed by atoms with Crippen LogP contribution < -0.4 is 5.32 Å². The van der Waals surface area contributed by atoms with Gasteiger partial charge in [-0.1, -0.05) is 0 Å². The van der Waals surface area contributed by atoms with Crippen molar-refractivity contribution in [2.75, 3.05) is 40.4 Å². The van der Waals surface area contributed by atoms with Crippen LogP contribution in [0.3, 0.4) is 0 Å². The van der Waals surface area contributed by atoms with E-state index in [1.807, 2.05) is 6.92 Å². The first-order chi connectivity index (χ1) is 5.41. The second kappa shape index (κ2) is 9.84. The van der Waals surface area contributed by atoms with Crippen LogP contribution in [0.1, 0.15) is 6.92 Å². The Balaban J connectivity index is 2.69. The second-order valence-corrected chi connectivity index (χ2v) is 1.93. The van der Waals surface area contributed by atoms with Gasteiger partial charge in [-0.2, -0.15) is 0 Å². The standard InChI is InChI=1S/C7H17NO3/c1-3-10-4-5-11-7-8-6-9-2/h8H,3-7H2,1-2H3. The number of nitrogens with one attached hydrogen (secondary N) is 1. The number of rotatable bonds is 8. The molecule has 0 rings (SSSR count). The summed E-state index contributed by atoms with van der Waals surface area (Å²) in [6, 6.07) is 0. The molecule has 0 aliphatic heterocycles. The first-order valence-electron chi connectivity index (χ1n) is 3.77. The zero-order valence-electron chi connectivity index (χ0n) is 7.26. The zero-order chi connectivity index (χ0) is 8.36. The first-order valence-corrected chi connectivity index (χ1v) is 3.77. The van der Waals surface area contributed by atoms with Gasteiger partial charge in [-0.25, -0.2) is 0 Å². The van der Waals surface area contributed by atoms with E-state index in [2.05, 4.69) is 5.32 Å². The van der Waals surface area contributed by atoms with Gasteiger partial charge in [0, 0.05) is 13.7 Å². The van der Waals surface area contributed by atoms with E-state index in [0.717, 1.165) is 6.61 Å². The number of ether oxygens (including phenoxy) is 3. The van der Waals surface area contributed by atoms with Crippen molar-refractivity contribution in [2.45, 2.75) is 6.92 Å². The van der Waals surface area contributed by atoms with Gasteiger partial charge < -0.3 is 14.2 Å². The van der Waals surface area contributed by atoms with Crippen molar-refractivity contribution in [2.24, 2.45) is 0 Å². The molecule has 0 amide bonds. The molecule has 0 aromatic rings. The molecule has 0 bridgehead atoms. The molecule has 4 nitrogen and oxygen atoms in total. The van der Waals surface area contributed by atoms with Crippen molar-refractivity contribution in [1.82, 2.24) is 5.32 Å². The lowest BCUT2D eigenvalue weighted by Gasteiger charge is -2.04. The molecule has 0 atom stereocenters. The lowest BCUT2D eigenvalue weighted by atomic mass is 10.7. The number of methoxy groups -OCH3 is 1. The fourth-order valence-corrected chi connectivity index (χ4v) is 0.550. The van der Waals surface area contributed by atoms with E-state index in [1.54, 1.807) is 7.11 Å². The molecule has 11 heavy (non-hydrogen) atoms. The topological polar surface area (TPSA) is 39.7 Å². The summed E-state index contributed by atoms with van der Waals surface area (Å²) in [5.74, 6) is 0. The summed E-state index contributed by atoms with van der Waals surface area (Å²) < 4.78 is 14.9. The van der Waals surface area contributed by atoms with E-state index in [4.69, 9.17) is 14.2 Å². The molecule has 0 saturated heterocycles. The Bertz CT molecular complexity index is 62.7. The van der Waals surface area contributed by atoms with Gasteiger partial charge in [0.2, 0.25) is 0 Å². The molecule has 0 saturated carbocycles. The Morgan fingerprint density at radius 2 is 1.82 bits per heavy atom. The molecule has 0 spiro atoms. The third kappa shape index (κ3) is 9.84. The van der Waals surface area contributed by atoms with Crippen LogP contribution in [0.5, 0.6) is 0 Å². The van der Waals surface area contributed by atoms with Crippen molar-refractivity contribution < 1.29 is 14.2 Å². The van der Waals surface area contributed by atoms with Gasteiger partial charge in [-0.3, -0.25) is 5.32 Å². The summed E-state index contributed by atoms with van der Waals surface area (Å²) >= 11 is 0. The average Bonchev–Trinajstić information content (AvgIpc) is 2.03. The number of hydrogen-bond acceptors (Lipinski definition) is 4. The SMILES string of the molecule is CCOCCOCNCOC. The van der Waals surface area contributed by atoms with Crippen LogP contribution >= 0.6 is 0 Å². The van der Waals surface area contributed by atoms with Crippen molar-refractivity contribution in [3.8, 4) is 0 Å². The molecular formula is C7H17NO3. The lowest BCUT2D eigenvalue weighted by molar-refractivity contribution is 0.0323. The van der Waals surface area contributed by atoms with Gasteiger partial charge in [-0.05, 0) is 6.92 Å². The molecule has 0 aromatic carbocycles. The zero-order valence-corrected chi connectivity index (χ0v) is 7.26. The Labute approximate surface area is 67.8 Å². The maximum absolute atomic E-state index is 5.12. The molecule has 0 aromatic heterocycles. The van der Waals surface area contributed by atoms with Crippen molar-refractivity contribution in [3.63, 3.8) is 0 Å². The van der Waals surface area contributed by atoms with Crippen LogP contribution in [-0.4, -0.2) is 40.4 Å². The number of hydrogen-bond donors (Lipinski definition) is 1.